The van der Waals surface area contributed by atoms with Crippen molar-refractivity contribution in [2.45, 2.75) is 12.8 Å². The summed E-state index contributed by atoms with van der Waals surface area (Å²) < 4.78 is 4.34. The molecule has 0 aliphatic heterocycles. The Kier molecular flexibility index (Phi) is 13.4. The third-order valence-corrected chi connectivity index (χ3v) is 0.819. The van der Waals surface area contributed by atoms with Gasteiger partial charge in [-0.15, -0.1) is 0 Å². The largest absolute Gasteiger partial charge is 1.00 e. The molecular weight excluding hydrogens is 146 g/mol. The number of aliphatic hydroxyl groups is 1. The van der Waals surface area contributed by atoms with Crippen molar-refractivity contribution < 1.29 is 50.8 Å². The molecule has 0 heterocycles. The van der Waals surface area contributed by atoms with Crippen molar-refractivity contribution in [1.82, 2.24) is 0 Å². The molecular formula is C4H12BNaO4. The zero-order valence-electron chi connectivity index (χ0n) is 7.16. The Morgan fingerprint density at radius 1 is 1.30 bits per heavy atom. The number of rotatable bonds is 5. The molecule has 0 amide bonds. The average Bonchev–Trinajstić information content (AvgIpc) is 1.80. The van der Waals surface area contributed by atoms with E-state index in [1.165, 1.54) is 0 Å². The first-order valence-electron chi connectivity index (χ1n) is 2.86. The van der Waals surface area contributed by atoms with E-state index >= 15 is 0 Å². The van der Waals surface area contributed by atoms with E-state index in [1.807, 2.05) is 0 Å². The topological polar surface area (TPSA) is 69.9 Å². The van der Waals surface area contributed by atoms with E-state index in [2.05, 4.69) is 4.65 Å². The Morgan fingerprint density at radius 3 is 2.30 bits per heavy atom. The van der Waals surface area contributed by atoms with Gasteiger partial charge in [-0.3, -0.25) is 0 Å². The van der Waals surface area contributed by atoms with E-state index in [0.29, 0.717) is 12.8 Å². The number of hydrogen-bond donors (Lipinski definition) is 3. The summed E-state index contributed by atoms with van der Waals surface area (Å²) in [5.41, 5.74) is 0. The minimum Gasteiger partial charge on any atom is -1.00 e. The molecule has 4 nitrogen and oxygen atoms in total. The fourth-order valence-electron chi connectivity index (χ4n) is 0.403. The Bertz CT molecular complexity index is 68.1. The number of unbranched alkanes of at least 4 members (excludes halogenated alkanes) is 1. The van der Waals surface area contributed by atoms with Crippen LogP contribution in [0.2, 0.25) is 0 Å². The molecule has 0 aromatic heterocycles. The molecule has 0 atom stereocenters. The van der Waals surface area contributed by atoms with Crippen LogP contribution < -0.4 is 29.6 Å². The maximum Gasteiger partial charge on any atom is 1.00 e. The summed E-state index contributed by atoms with van der Waals surface area (Å²) in [4.78, 5) is 0. The monoisotopic (exact) mass is 158 g/mol. The van der Waals surface area contributed by atoms with E-state index in [0.717, 1.165) is 0 Å². The molecule has 0 aromatic carbocycles. The Morgan fingerprint density at radius 2 is 1.90 bits per heavy atom. The summed E-state index contributed by atoms with van der Waals surface area (Å²) >= 11 is 0. The van der Waals surface area contributed by atoms with Gasteiger partial charge in [-0.05, 0) is 12.8 Å². The summed E-state index contributed by atoms with van der Waals surface area (Å²) in [5, 5.41) is 24.5. The van der Waals surface area contributed by atoms with Crippen molar-refractivity contribution in [2.75, 3.05) is 13.2 Å². The second-order valence-corrected chi connectivity index (χ2v) is 1.63. The summed E-state index contributed by atoms with van der Waals surface area (Å²) in [5.74, 6) is 0. The van der Waals surface area contributed by atoms with Crippen LogP contribution in [0.1, 0.15) is 14.3 Å². The van der Waals surface area contributed by atoms with Crippen molar-refractivity contribution in [2.24, 2.45) is 0 Å². The zero-order chi connectivity index (χ0) is 7.11. The van der Waals surface area contributed by atoms with Crippen molar-refractivity contribution in [3.8, 4) is 0 Å². The van der Waals surface area contributed by atoms with Crippen molar-refractivity contribution in [1.29, 1.82) is 0 Å². The van der Waals surface area contributed by atoms with Gasteiger partial charge in [-0.25, -0.2) is 0 Å². The van der Waals surface area contributed by atoms with Gasteiger partial charge in [0.15, 0.2) is 0 Å². The molecule has 0 unspecified atom stereocenters. The van der Waals surface area contributed by atoms with Crippen LogP contribution in [0.5, 0.6) is 0 Å². The zero-order valence-corrected chi connectivity index (χ0v) is 8.16. The van der Waals surface area contributed by atoms with Gasteiger partial charge in [-0.2, -0.15) is 0 Å². The summed E-state index contributed by atoms with van der Waals surface area (Å²) in [6.45, 7) is 0.392. The fraction of sp³-hybridized carbons (Fsp3) is 1.00. The third kappa shape index (κ3) is 11.7. The van der Waals surface area contributed by atoms with Crippen LogP contribution in [0.25, 0.3) is 0 Å². The average molecular weight is 158 g/mol. The van der Waals surface area contributed by atoms with Gasteiger partial charge < -0.3 is 21.2 Å². The quantitative estimate of drug-likeness (QED) is 0.280. The predicted molar refractivity (Wildman–Crippen MR) is 33.6 cm³/mol. The predicted octanol–water partition coefficient (Wildman–Crippen LogP) is -4.14. The van der Waals surface area contributed by atoms with Crippen molar-refractivity contribution >= 4 is 7.32 Å². The first-order chi connectivity index (χ1) is 4.27. The second-order valence-electron chi connectivity index (χ2n) is 1.63. The molecule has 56 valence electrons. The van der Waals surface area contributed by atoms with Crippen LogP contribution >= 0.6 is 0 Å². The maximum atomic E-state index is 8.25. The van der Waals surface area contributed by atoms with Gasteiger partial charge in [0, 0.05) is 13.2 Å². The van der Waals surface area contributed by atoms with Crippen LogP contribution in [0, 0.1) is 0 Å². The van der Waals surface area contributed by atoms with E-state index in [4.69, 9.17) is 15.2 Å². The summed E-state index contributed by atoms with van der Waals surface area (Å²) in [7, 11) is -1.68. The maximum absolute atomic E-state index is 8.25. The Hall–Kier alpha value is 0.905. The fourth-order valence-corrected chi connectivity index (χ4v) is 0.403. The van der Waals surface area contributed by atoms with Crippen LogP contribution in [0.15, 0.2) is 0 Å². The molecule has 0 aliphatic carbocycles. The first-order valence-corrected chi connectivity index (χ1v) is 2.86. The standard InChI is InChI=1S/C4H11BO4.Na.H/c6-3-1-2-4-9-5(7)8;;/h6-8H,1-4H2;;/q;+1;-1. The van der Waals surface area contributed by atoms with E-state index in [9.17, 15) is 0 Å². The van der Waals surface area contributed by atoms with Gasteiger partial charge in [-0.1, -0.05) is 0 Å². The molecule has 0 fully saturated rings. The molecule has 0 spiro atoms. The summed E-state index contributed by atoms with van der Waals surface area (Å²) in [6, 6.07) is 0. The molecule has 0 radical (unpaired) electrons. The molecule has 6 heteroatoms. The van der Waals surface area contributed by atoms with E-state index in [-0.39, 0.29) is 44.2 Å². The van der Waals surface area contributed by atoms with Gasteiger partial charge in [0.1, 0.15) is 0 Å². The minimum absolute atomic E-state index is 0. The molecule has 0 aromatic rings. The minimum atomic E-state index is -1.68. The Labute approximate surface area is 84.2 Å². The molecule has 3 N–H and O–H groups in total. The van der Waals surface area contributed by atoms with Gasteiger partial charge in [0.05, 0.1) is 0 Å². The Balaban J connectivity index is -0.000000320. The van der Waals surface area contributed by atoms with Crippen molar-refractivity contribution in [3.63, 3.8) is 0 Å². The van der Waals surface area contributed by atoms with Crippen molar-refractivity contribution in [3.05, 3.63) is 0 Å². The number of aliphatic hydroxyl groups excluding tert-OH is 1. The summed E-state index contributed by atoms with van der Waals surface area (Å²) in [6.07, 6.45) is 1.28. The third-order valence-electron chi connectivity index (χ3n) is 0.819. The van der Waals surface area contributed by atoms with Gasteiger partial charge >= 0.3 is 36.9 Å². The van der Waals surface area contributed by atoms with Gasteiger partial charge in [0.2, 0.25) is 0 Å². The molecule has 0 rings (SSSR count). The second kappa shape index (κ2) is 9.90. The molecule has 0 bridgehead atoms. The molecule has 0 aliphatic rings. The van der Waals surface area contributed by atoms with E-state index < -0.39 is 7.32 Å². The van der Waals surface area contributed by atoms with Crippen LogP contribution in [-0.4, -0.2) is 35.7 Å². The molecule has 0 saturated carbocycles. The first kappa shape index (κ1) is 13.5. The molecule has 0 saturated heterocycles. The number of hydrogen-bond acceptors (Lipinski definition) is 4. The van der Waals surface area contributed by atoms with E-state index in [1.54, 1.807) is 0 Å². The van der Waals surface area contributed by atoms with Crippen LogP contribution in [0.4, 0.5) is 0 Å². The smallest absolute Gasteiger partial charge is 1.00 e. The van der Waals surface area contributed by atoms with Crippen LogP contribution in [-0.2, 0) is 4.65 Å². The molecule has 10 heavy (non-hydrogen) atoms. The van der Waals surface area contributed by atoms with Gasteiger partial charge in [0.25, 0.3) is 0 Å². The normalized spacial score (nSPS) is 8.70. The SMILES string of the molecule is OCCCCOB(O)O.[H-].[Na+]. The van der Waals surface area contributed by atoms with Crippen LogP contribution in [0.3, 0.4) is 0 Å².